The Hall–Kier alpha value is -2.88. The molecule has 1 saturated carbocycles. The van der Waals surface area contributed by atoms with Crippen LogP contribution in [-0.4, -0.2) is 11.8 Å². The van der Waals surface area contributed by atoms with Gasteiger partial charge >= 0.3 is 0 Å². The standard InChI is InChI=1S/C23H21NO3/c1-13-9-14(2)11-19(10-13)27-18-7-5-17(6-8-18)24-22(25)20-15-3-4-16(12-15)21(20)23(24)26/h3-11,15-16,20-21H,12H2,1-2H3/t15-,16+,20+,21-. The Bertz CT molecular complexity index is 925. The van der Waals surface area contributed by atoms with E-state index in [4.69, 9.17) is 4.74 Å². The molecule has 5 rings (SSSR count). The van der Waals surface area contributed by atoms with Gasteiger partial charge in [0.2, 0.25) is 11.8 Å². The third kappa shape index (κ3) is 2.51. The Labute approximate surface area is 158 Å². The van der Waals surface area contributed by atoms with Crippen molar-refractivity contribution in [3.63, 3.8) is 0 Å². The zero-order chi connectivity index (χ0) is 18.7. The van der Waals surface area contributed by atoms with Gasteiger partial charge in [0.05, 0.1) is 17.5 Å². The summed E-state index contributed by atoms with van der Waals surface area (Å²) in [5.41, 5.74) is 2.92. The molecule has 4 atom stereocenters. The van der Waals surface area contributed by atoms with Crippen LogP contribution >= 0.6 is 0 Å². The van der Waals surface area contributed by atoms with E-state index in [1.165, 1.54) is 4.90 Å². The third-order valence-electron chi connectivity index (χ3n) is 6.00. The van der Waals surface area contributed by atoms with Crippen molar-refractivity contribution in [1.29, 1.82) is 0 Å². The number of nitrogens with zero attached hydrogens (tertiary/aromatic N) is 1. The molecule has 27 heavy (non-hydrogen) atoms. The second-order valence-electron chi connectivity index (χ2n) is 7.93. The van der Waals surface area contributed by atoms with E-state index in [9.17, 15) is 9.59 Å². The molecule has 2 aromatic rings. The van der Waals surface area contributed by atoms with Crippen molar-refractivity contribution in [2.75, 3.05) is 4.90 Å². The van der Waals surface area contributed by atoms with Crippen LogP contribution in [0.1, 0.15) is 17.5 Å². The summed E-state index contributed by atoms with van der Waals surface area (Å²) in [4.78, 5) is 27.1. The van der Waals surface area contributed by atoms with Gasteiger partial charge in [0.15, 0.2) is 0 Å². The molecule has 0 aromatic heterocycles. The number of rotatable bonds is 3. The van der Waals surface area contributed by atoms with Gasteiger partial charge in [0, 0.05) is 0 Å². The number of amides is 2. The van der Waals surface area contributed by atoms with Crippen molar-refractivity contribution in [3.05, 3.63) is 65.7 Å². The lowest BCUT2D eigenvalue weighted by Gasteiger charge is -2.17. The Morgan fingerprint density at radius 1 is 0.815 bits per heavy atom. The van der Waals surface area contributed by atoms with Crippen LogP contribution in [0.3, 0.4) is 0 Å². The molecule has 0 spiro atoms. The number of carbonyl (C=O) groups excluding carboxylic acids is 2. The highest BCUT2D eigenvalue weighted by Crippen LogP contribution is 2.53. The van der Waals surface area contributed by atoms with Crippen LogP contribution in [0.15, 0.2) is 54.6 Å². The largest absolute Gasteiger partial charge is 0.457 e. The van der Waals surface area contributed by atoms with E-state index in [1.807, 2.05) is 38.1 Å². The first-order valence-corrected chi connectivity index (χ1v) is 9.43. The predicted octanol–water partition coefficient (Wildman–Crippen LogP) is 4.41. The molecule has 2 aromatic carbocycles. The van der Waals surface area contributed by atoms with Crippen molar-refractivity contribution in [2.45, 2.75) is 20.3 Å². The van der Waals surface area contributed by atoms with Crippen LogP contribution in [0.25, 0.3) is 0 Å². The first-order valence-electron chi connectivity index (χ1n) is 9.43. The van der Waals surface area contributed by atoms with E-state index in [-0.39, 0.29) is 35.5 Å². The number of imide groups is 1. The van der Waals surface area contributed by atoms with Crippen LogP contribution < -0.4 is 9.64 Å². The van der Waals surface area contributed by atoms with Gasteiger partial charge in [-0.15, -0.1) is 0 Å². The highest BCUT2D eigenvalue weighted by molar-refractivity contribution is 6.22. The minimum Gasteiger partial charge on any atom is -0.457 e. The summed E-state index contributed by atoms with van der Waals surface area (Å²) in [6, 6.07) is 13.3. The Morgan fingerprint density at radius 2 is 1.37 bits per heavy atom. The zero-order valence-corrected chi connectivity index (χ0v) is 15.4. The SMILES string of the molecule is Cc1cc(C)cc(Oc2ccc(N3C(=O)[C@@H]4[C@H](C3=O)[C@H]3C=C[C@@H]4C3)cc2)c1. The normalized spacial score (nSPS) is 28.1. The summed E-state index contributed by atoms with van der Waals surface area (Å²) in [5, 5.41) is 0. The van der Waals surface area contributed by atoms with Gasteiger partial charge < -0.3 is 4.74 Å². The molecule has 1 aliphatic heterocycles. The molecule has 2 aliphatic carbocycles. The molecule has 4 nitrogen and oxygen atoms in total. The van der Waals surface area contributed by atoms with Crippen LogP contribution in [-0.2, 0) is 9.59 Å². The van der Waals surface area contributed by atoms with Crippen LogP contribution in [0.2, 0.25) is 0 Å². The zero-order valence-electron chi connectivity index (χ0n) is 15.4. The number of anilines is 1. The minimum atomic E-state index is -0.168. The smallest absolute Gasteiger partial charge is 0.238 e. The van der Waals surface area contributed by atoms with Crippen LogP contribution in [0.4, 0.5) is 5.69 Å². The summed E-state index contributed by atoms with van der Waals surface area (Å²) >= 11 is 0. The van der Waals surface area contributed by atoms with Crippen molar-refractivity contribution >= 4 is 17.5 Å². The van der Waals surface area contributed by atoms with E-state index in [0.29, 0.717) is 11.4 Å². The highest BCUT2D eigenvalue weighted by Gasteiger charge is 2.59. The molecule has 2 fully saturated rings. The van der Waals surface area contributed by atoms with Crippen molar-refractivity contribution in [2.24, 2.45) is 23.7 Å². The maximum absolute atomic E-state index is 12.9. The molecule has 2 bridgehead atoms. The van der Waals surface area contributed by atoms with Crippen LogP contribution in [0, 0.1) is 37.5 Å². The third-order valence-corrected chi connectivity index (χ3v) is 6.00. The van der Waals surface area contributed by atoms with Gasteiger partial charge in [0.1, 0.15) is 11.5 Å². The fourth-order valence-corrected chi connectivity index (χ4v) is 4.95. The summed E-state index contributed by atoms with van der Waals surface area (Å²) in [7, 11) is 0. The van der Waals surface area contributed by atoms with E-state index in [1.54, 1.807) is 12.1 Å². The number of carbonyl (C=O) groups is 2. The van der Waals surface area contributed by atoms with Gasteiger partial charge in [-0.25, -0.2) is 0 Å². The summed E-state index contributed by atoms with van der Waals surface area (Å²) in [6.07, 6.45) is 5.17. The van der Waals surface area contributed by atoms with Crippen molar-refractivity contribution in [1.82, 2.24) is 0 Å². The summed E-state index contributed by atoms with van der Waals surface area (Å²) < 4.78 is 5.93. The number of hydrogen-bond donors (Lipinski definition) is 0. The van der Waals surface area contributed by atoms with Gasteiger partial charge in [-0.05, 0) is 79.6 Å². The maximum atomic E-state index is 12.9. The molecule has 0 N–H and O–H groups in total. The quantitative estimate of drug-likeness (QED) is 0.602. The lowest BCUT2D eigenvalue weighted by atomic mass is 9.85. The summed E-state index contributed by atoms with van der Waals surface area (Å²) in [6.45, 7) is 4.07. The van der Waals surface area contributed by atoms with E-state index < -0.39 is 0 Å². The molecule has 1 saturated heterocycles. The number of ether oxygens (including phenoxy) is 1. The topological polar surface area (TPSA) is 46.6 Å². The van der Waals surface area contributed by atoms with Gasteiger partial charge in [-0.1, -0.05) is 18.2 Å². The fraction of sp³-hybridized carbons (Fsp3) is 0.304. The molecular formula is C23H21NO3. The second-order valence-corrected chi connectivity index (χ2v) is 7.93. The average Bonchev–Trinajstić information content (AvgIpc) is 3.29. The molecule has 2 amide bonds. The lowest BCUT2D eigenvalue weighted by molar-refractivity contribution is -0.123. The predicted molar refractivity (Wildman–Crippen MR) is 103 cm³/mol. The fourth-order valence-electron chi connectivity index (χ4n) is 4.95. The van der Waals surface area contributed by atoms with Gasteiger partial charge in [0.25, 0.3) is 0 Å². The van der Waals surface area contributed by atoms with E-state index in [0.717, 1.165) is 23.3 Å². The minimum absolute atomic E-state index is 0.0511. The Kier molecular flexibility index (Phi) is 3.51. The number of allylic oxidation sites excluding steroid dienone is 2. The van der Waals surface area contributed by atoms with E-state index in [2.05, 4.69) is 18.2 Å². The Morgan fingerprint density at radius 3 is 1.93 bits per heavy atom. The molecule has 0 radical (unpaired) electrons. The molecule has 1 heterocycles. The second kappa shape index (κ2) is 5.81. The molecule has 0 unspecified atom stereocenters. The maximum Gasteiger partial charge on any atom is 0.238 e. The van der Waals surface area contributed by atoms with Gasteiger partial charge in [-0.2, -0.15) is 0 Å². The highest BCUT2D eigenvalue weighted by atomic mass is 16.5. The van der Waals surface area contributed by atoms with Crippen LogP contribution in [0.5, 0.6) is 11.5 Å². The Balaban J connectivity index is 1.38. The first-order chi connectivity index (χ1) is 13.0. The van der Waals surface area contributed by atoms with E-state index >= 15 is 0 Å². The number of aryl methyl sites for hydroxylation is 2. The first kappa shape index (κ1) is 16.3. The average molecular weight is 359 g/mol. The molecule has 3 aliphatic rings. The molecule has 4 heteroatoms. The summed E-state index contributed by atoms with van der Waals surface area (Å²) in [5.74, 6) is 1.49. The van der Waals surface area contributed by atoms with Crippen molar-refractivity contribution < 1.29 is 14.3 Å². The van der Waals surface area contributed by atoms with Crippen molar-refractivity contribution in [3.8, 4) is 11.5 Å². The lowest BCUT2D eigenvalue weighted by Crippen LogP contribution is -2.32. The van der Waals surface area contributed by atoms with Gasteiger partial charge in [-0.3, -0.25) is 14.5 Å². The monoisotopic (exact) mass is 359 g/mol. The number of benzene rings is 2. The molecule has 136 valence electrons. The molecular weight excluding hydrogens is 338 g/mol. The number of hydrogen-bond acceptors (Lipinski definition) is 3. The number of fused-ring (bicyclic) bond motifs is 5.